The van der Waals surface area contributed by atoms with E-state index in [1.807, 2.05) is 42.3 Å². The molecular weight excluding hydrogens is 666 g/mol. The van der Waals surface area contributed by atoms with Crippen LogP contribution in [0.25, 0.3) is 10.9 Å². The van der Waals surface area contributed by atoms with Crippen molar-refractivity contribution in [3.05, 3.63) is 160 Å². The van der Waals surface area contributed by atoms with E-state index in [1.54, 1.807) is 59.2 Å². The quantitative estimate of drug-likeness (QED) is 0.122. The van der Waals surface area contributed by atoms with Crippen molar-refractivity contribution >= 4 is 34.3 Å². The summed E-state index contributed by atoms with van der Waals surface area (Å²) in [5.41, 5.74) is 2.23. The zero-order chi connectivity index (χ0) is 36.6. The zero-order valence-corrected chi connectivity index (χ0v) is 28.5. The van der Waals surface area contributed by atoms with E-state index in [9.17, 15) is 14.4 Å². The molecule has 6 rings (SSSR count). The second kappa shape index (κ2) is 16.1. The summed E-state index contributed by atoms with van der Waals surface area (Å²) in [6.45, 7) is 1.80. The number of nitrogens with one attached hydrogen (secondary N) is 3. The number of rotatable bonds is 12. The van der Waals surface area contributed by atoms with E-state index >= 15 is 8.78 Å². The Labute approximate surface area is 298 Å². The number of carbonyl (C=O) groups excluding carboxylic acids is 2. The summed E-state index contributed by atoms with van der Waals surface area (Å²) in [7, 11) is 1.92. The van der Waals surface area contributed by atoms with Crippen LogP contribution in [0.1, 0.15) is 29.2 Å². The predicted octanol–water partition coefficient (Wildman–Crippen LogP) is 7.43. The van der Waals surface area contributed by atoms with Crippen LogP contribution in [0.15, 0.2) is 120 Å². The SMILES string of the molecule is CC(=O)Nc1ccc(Oc2ccc3c(c2CN(C)Cc2ccccc2)c(=O)c(CNC(=O)Nc2ccccn2)cn3Cc2c(F)cccc2F)cc1. The van der Waals surface area contributed by atoms with Crippen molar-refractivity contribution in [2.45, 2.75) is 33.1 Å². The Hall–Kier alpha value is -6.40. The first-order chi connectivity index (χ1) is 25.1. The highest BCUT2D eigenvalue weighted by Crippen LogP contribution is 2.33. The number of urea groups is 1. The molecule has 3 amide bonds. The molecule has 0 spiro atoms. The maximum Gasteiger partial charge on any atom is 0.320 e. The molecule has 0 radical (unpaired) electrons. The highest BCUT2D eigenvalue weighted by molar-refractivity contribution is 5.89. The molecule has 264 valence electrons. The topological polar surface area (TPSA) is 118 Å². The molecule has 0 saturated heterocycles. The first-order valence-electron chi connectivity index (χ1n) is 16.5. The van der Waals surface area contributed by atoms with Gasteiger partial charge >= 0.3 is 6.03 Å². The highest BCUT2D eigenvalue weighted by Gasteiger charge is 2.21. The lowest BCUT2D eigenvalue weighted by atomic mass is 10.0. The Morgan fingerprint density at radius 2 is 1.56 bits per heavy atom. The van der Waals surface area contributed by atoms with Crippen LogP contribution in [-0.2, 0) is 31.0 Å². The number of hydrogen-bond acceptors (Lipinski definition) is 6. The third-order valence-corrected chi connectivity index (χ3v) is 8.25. The number of ether oxygens (including phenoxy) is 1. The van der Waals surface area contributed by atoms with Gasteiger partial charge in [0.15, 0.2) is 5.43 Å². The van der Waals surface area contributed by atoms with Gasteiger partial charge in [0, 0.05) is 61.3 Å². The first-order valence-corrected chi connectivity index (χ1v) is 16.5. The molecule has 2 heterocycles. The van der Waals surface area contributed by atoms with Crippen LogP contribution in [0.4, 0.5) is 25.1 Å². The van der Waals surface area contributed by atoms with Crippen molar-refractivity contribution in [3.63, 3.8) is 0 Å². The Morgan fingerprint density at radius 1 is 0.827 bits per heavy atom. The molecule has 3 N–H and O–H groups in total. The number of nitrogens with zero attached hydrogens (tertiary/aromatic N) is 3. The number of carbonyl (C=O) groups is 2. The minimum Gasteiger partial charge on any atom is -0.457 e. The van der Waals surface area contributed by atoms with E-state index in [1.165, 1.54) is 37.5 Å². The van der Waals surface area contributed by atoms with Crippen LogP contribution < -0.4 is 26.1 Å². The van der Waals surface area contributed by atoms with Crippen molar-refractivity contribution in [1.29, 1.82) is 0 Å². The van der Waals surface area contributed by atoms with Gasteiger partial charge in [-0.3, -0.25) is 19.8 Å². The van der Waals surface area contributed by atoms with Crippen molar-refractivity contribution in [3.8, 4) is 11.5 Å². The van der Waals surface area contributed by atoms with Crippen molar-refractivity contribution in [2.75, 3.05) is 17.7 Å². The first kappa shape index (κ1) is 35.4. The normalized spacial score (nSPS) is 11.0. The predicted molar refractivity (Wildman–Crippen MR) is 196 cm³/mol. The number of benzene rings is 4. The summed E-state index contributed by atoms with van der Waals surface area (Å²) in [5, 5.41) is 8.34. The van der Waals surface area contributed by atoms with Gasteiger partial charge in [-0.25, -0.2) is 18.6 Å². The van der Waals surface area contributed by atoms with Crippen LogP contribution >= 0.6 is 0 Å². The number of anilines is 2. The summed E-state index contributed by atoms with van der Waals surface area (Å²) >= 11 is 0. The second-order valence-corrected chi connectivity index (χ2v) is 12.2. The molecule has 0 bridgehead atoms. The average molecular weight is 703 g/mol. The van der Waals surface area contributed by atoms with Crippen LogP contribution in [0.5, 0.6) is 11.5 Å². The van der Waals surface area contributed by atoms with Crippen molar-refractivity contribution in [2.24, 2.45) is 0 Å². The van der Waals surface area contributed by atoms with E-state index in [4.69, 9.17) is 4.74 Å². The Kier molecular flexibility index (Phi) is 11.0. The third-order valence-electron chi connectivity index (χ3n) is 8.25. The molecular formula is C40H36F2N6O4. The van der Waals surface area contributed by atoms with Gasteiger partial charge in [-0.2, -0.15) is 0 Å². The fourth-order valence-electron chi connectivity index (χ4n) is 5.88. The van der Waals surface area contributed by atoms with Crippen LogP contribution in [-0.4, -0.2) is 33.4 Å². The molecule has 0 atom stereocenters. The fourth-order valence-corrected chi connectivity index (χ4v) is 5.88. The summed E-state index contributed by atoms with van der Waals surface area (Å²) in [6.07, 6.45) is 3.04. The number of aromatic nitrogens is 2. The highest BCUT2D eigenvalue weighted by atomic mass is 19.1. The smallest absolute Gasteiger partial charge is 0.320 e. The summed E-state index contributed by atoms with van der Waals surface area (Å²) < 4.78 is 38.0. The molecule has 0 unspecified atom stereocenters. The summed E-state index contributed by atoms with van der Waals surface area (Å²) in [6, 6.07) is 28.2. The lowest BCUT2D eigenvalue weighted by molar-refractivity contribution is -0.114. The molecule has 0 fully saturated rings. The van der Waals surface area contributed by atoms with E-state index < -0.39 is 17.7 Å². The number of amides is 3. The van der Waals surface area contributed by atoms with Gasteiger partial charge in [-0.15, -0.1) is 0 Å². The minimum absolute atomic E-state index is 0.179. The Morgan fingerprint density at radius 3 is 2.25 bits per heavy atom. The van der Waals surface area contributed by atoms with Crippen LogP contribution in [0.3, 0.4) is 0 Å². The van der Waals surface area contributed by atoms with Gasteiger partial charge < -0.3 is 19.9 Å². The van der Waals surface area contributed by atoms with E-state index in [0.717, 1.165) is 5.56 Å². The molecule has 10 nitrogen and oxygen atoms in total. The molecule has 0 aliphatic heterocycles. The van der Waals surface area contributed by atoms with Crippen LogP contribution in [0, 0.1) is 11.6 Å². The number of pyridine rings is 2. The van der Waals surface area contributed by atoms with Gasteiger partial charge in [0.1, 0.15) is 29.0 Å². The van der Waals surface area contributed by atoms with E-state index in [2.05, 4.69) is 20.9 Å². The third kappa shape index (κ3) is 8.66. The van der Waals surface area contributed by atoms with Gasteiger partial charge in [0.05, 0.1) is 17.4 Å². The van der Waals surface area contributed by atoms with Gasteiger partial charge in [0.25, 0.3) is 0 Å². The van der Waals surface area contributed by atoms with Crippen molar-refractivity contribution < 1.29 is 23.1 Å². The summed E-state index contributed by atoms with van der Waals surface area (Å²) in [5.74, 6) is -0.505. The number of fused-ring (bicyclic) bond motifs is 1. The zero-order valence-electron chi connectivity index (χ0n) is 28.5. The number of hydrogen-bond donors (Lipinski definition) is 3. The fraction of sp³-hybridized carbons (Fsp3) is 0.150. The maximum absolute atomic E-state index is 15.0. The molecule has 0 saturated carbocycles. The largest absolute Gasteiger partial charge is 0.457 e. The Balaban J connectivity index is 1.46. The van der Waals surface area contributed by atoms with E-state index in [-0.39, 0.29) is 47.5 Å². The standard InChI is InChI=1S/C40H36F2N6O4/c1-26(49)45-29-14-16-30(17-15-29)52-36-19-18-35-38(32(36)24-47(2)22-27-9-4-3-5-10-27)39(50)28(21-44-40(51)46-37-13-6-7-20-43-37)23-48(35)25-31-33(41)11-8-12-34(31)42/h3-20,23H,21-22,24-25H2,1-2H3,(H,45,49)(H2,43,44,46,51). The van der Waals surface area contributed by atoms with Gasteiger partial charge in [0.2, 0.25) is 5.91 Å². The van der Waals surface area contributed by atoms with Crippen LogP contribution in [0.2, 0.25) is 0 Å². The Bertz CT molecular complexity index is 2250. The molecule has 52 heavy (non-hydrogen) atoms. The van der Waals surface area contributed by atoms with Gasteiger partial charge in [-0.05, 0) is 73.3 Å². The van der Waals surface area contributed by atoms with Crippen molar-refractivity contribution in [1.82, 2.24) is 19.8 Å². The second-order valence-electron chi connectivity index (χ2n) is 12.2. The maximum atomic E-state index is 15.0. The molecule has 4 aromatic carbocycles. The molecule has 0 aliphatic rings. The summed E-state index contributed by atoms with van der Waals surface area (Å²) in [4.78, 5) is 45.0. The monoisotopic (exact) mass is 702 g/mol. The molecule has 6 aromatic rings. The molecule has 2 aromatic heterocycles. The molecule has 12 heteroatoms. The van der Waals surface area contributed by atoms with Gasteiger partial charge in [-0.1, -0.05) is 42.5 Å². The average Bonchev–Trinajstić information content (AvgIpc) is 3.12. The number of halogens is 2. The lowest BCUT2D eigenvalue weighted by Crippen LogP contribution is -2.31. The molecule has 0 aliphatic carbocycles. The lowest BCUT2D eigenvalue weighted by Gasteiger charge is -2.23. The minimum atomic E-state index is -0.730. The van der Waals surface area contributed by atoms with E-state index in [0.29, 0.717) is 40.6 Å².